The van der Waals surface area contributed by atoms with Gasteiger partial charge in [0.1, 0.15) is 12.4 Å². The highest BCUT2D eigenvalue weighted by Crippen LogP contribution is 2.55. The lowest BCUT2D eigenvalue weighted by molar-refractivity contribution is 0.248. The number of hydrogen-bond donors (Lipinski definition) is 0. The topological polar surface area (TPSA) is 12.5 Å². The van der Waals surface area contributed by atoms with Gasteiger partial charge in [0.05, 0.1) is 0 Å². The molecule has 0 bridgehead atoms. The molecule has 274 valence electrons. The Morgan fingerprint density at radius 3 is 1.63 bits per heavy atom. The molecule has 5 rings (SSSR count). The highest BCUT2D eigenvalue weighted by atomic mass is 127. The average molecular weight is 824 g/mol. The predicted octanol–water partition coefficient (Wildman–Crippen LogP) is 13.2. The zero-order valence-corrected chi connectivity index (χ0v) is 35.9. The Balaban J connectivity index is 1.64. The summed E-state index contributed by atoms with van der Waals surface area (Å²) in [5, 5.41) is 1.41. The van der Waals surface area contributed by atoms with Crippen molar-refractivity contribution in [3.05, 3.63) is 166 Å². The number of nitrogens with zero attached hydrogens (tertiary/aromatic N) is 1. The van der Waals surface area contributed by atoms with Crippen molar-refractivity contribution in [1.29, 1.82) is 0 Å². The molecule has 0 amide bonds. The van der Waals surface area contributed by atoms with Crippen LogP contribution in [0.4, 0.5) is 0 Å². The molecule has 2 nitrogen and oxygen atoms in total. The fourth-order valence-corrected chi connectivity index (χ4v) is 9.28. The van der Waals surface area contributed by atoms with Gasteiger partial charge < -0.3 is 4.74 Å². The Labute approximate surface area is 330 Å². The molecule has 0 saturated carbocycles. The van der Waals surface area contributed by atoms with Gasteiger partial charge in [-0.2, -0.15) is 0 Å². The standard InChI is InChI=1S/C48H59INOP/c1-9-47(8,49)42-30-41(46(5,6)7)31-43(44(42)51-35-39-27-19-14-20-28-39)48(10-2,11-3)52-45-36(4)22-21-29-40(45)34-50(32-37-23-15-12-16-24-37)33-38-25-17-13-18-26-38/h12-31,52H,9-11,32-35H2,1-8H3. The van der Waals surface area contributed by atoms with Crippen LogP contribution in [0.25, 0.3) is 0 Å². The molecule has 2 atom stereocenters. The maximum Gasteiger partial charge on any atom is 0.128 e. The number of hydrogen-bond acceptors (Lipinski definition) is 2. The van der Waals surface area contributed by atoms with Gasteiger partial charge in [-0.25, -0.2) is 0 Å². The van der Waals surface area contributed by atoms with Crippen molar-refractivity contribution in [2.24, 2.45) is 0 Å². The van der Waals surface area contributed by atoms with Crippen molar-refractivity contribution >= 4 is 36.5 Å². The van der Waals surface area contributed by atoms with Crippen molar-refractivity contribution in [1.82, 2.24) is 4.90 Å². The minimum absolute atomic E-state index is 0.00145. The molecule has 0 aliphatic rings. The Kier molecular flexibility index (Phi) is 13.8. The molecule has 0 fully saturated rings. The molecule has 0 aliphatic heterocycles. The maximum atomic E-state index is 7.11. The van der Waals surface area contributed by atoms with Crippen LogP contribution in [0.2, 0.25) is 0 Å². The zero-order valence-electron chi connectivity index (χ0n) is 32.7. The lowest BCUT2D eigenvalue weighted by Crippen LogP contribution is -2.30. The molecular weight excluding hydrogens is 764 g/mol. The summed E-state index contributed by atoms with van der Waals surface area (Å²) in [6.45, 7) is 22.1. The molecule has 0 aliphatic carbocycles. The molecule has 0 spiro atoms. The second-order valence-corrected chi connectivity index (χ2v) is 19.7. The van der Waals surface area contributed by atoms with E-state index in [1.165, 1.54) is 49.8 Å². The van der Waals surface area contributed by atoms with Gasteiger partial charge >= 0.3 is 0 Å². The quantitative estimate of drug-likeness (QED) is 0.0558. The van der Waals surface area contributed by atoms with E-state index in [9.17, 15) is 0 Å². The van der Waals surface area contributed by atoms with Crippen LogP contribution in [-0.4, -0.2) is 4.90 Å². The lowest BCUT2D eigenvalue weighted by atomic mass is 9.79. The second-order valence-electron chi connectivity index (χ2n) is 15.6. The smallest absolute Gasteiger partial charge is 0.128 e. The third kappa shape index (κ3) is 9.95. The van der Waals surface area contributed by atoms with E-state index in [0.29, 0.717) is 15.2 Å². The molecule has 2 unspecified atom stereocenters. The van der Waals surface area contributed by atoms with Crippen LogP contribution in [-0.2, 0) is 40.2 Å². The maximum absolute atomic E-state index is 7.11. The van der Waals surface area contributed by atoms with E-state index in [0.717, 1.165) is 44.6 Å². The minimum atomic E-state index is -0.0902. The summed E-state index contributed by atoms with van der Waals surface area (Å²) >= 11 is 2.68. The fraction of sp³-hybridized carbons (Fsp3) is 0.375. The van der Waals surface area contributed by atoms with Crippen LogP contribution >= 0.6 is 31.2 Å². The van der Waals surface area contributed by atoms with Gasteiger partial charge in [-0.3, -0.25) is 4.90 Å². The molecule has 5 aromatic carbocycles. The van der Waals surface area contributed by atoms with Gasteiger partial charge in [0, 0.05) is 39.3 Å². The Morgan fingerprint density at radius 2 is 1.13 bits per heavy atom. The molecular formula is C48H59INOP. The summed E-state index contributed by atoms with van der Waals surface area (Å²) in [6, 6.07) is 44.5. The summed E-state index contributed by atoms with van der Waals surface area (Å²) in [5.41, 5.74) is 10.8. The van der Waals surface area contributed by atoms with Crippen LogP contribution in [0.3, 0.4) is 0 Å². The highest BCUT2D eigenvalue weighted by Gasteiger charge is 2.38. The van der Waals surface area contributed by atoms with E-state index in [-0.39, 0.29) is 14.0 Å². The number of aryl methyl sites for hydroxylation is 1. The van der Waals surface area contributed by atoms with Crippen molar-refractivity contribution < 1.29 is 4.74 Å². The van der Waals surface area contributed by atoms with Crippen molar-refractivity contribution in [3.63, 3.8) is 0 Å². The summed E-state index contributed by atoms with van der Waals surface area (Å²) < 4.78 is 7.04. The molecule has 0 radical (unpaired) electrons. The molecule has 0 saturated heterocycles. The number of benzene rings is 5. The first-order valence-corrected chi connectivity index (χ1v) is 21.2. The Bertz CT molecular complexity index is 1820. The summed E-state index contributed by atoms with van der Waals surface area (Å²) in [5.74, 6) is 1.09. The Hall–Kier alpha value is -2.98. The molecule has 0 N–H and O–H groups in total. The van der Waals surface area contributed by atoms with E-state index in [1.807, 2.05) is 0 Å². The van der Waals surface area contributed by atoms with E-state index < -0.39 is 0 Å². The van der Waals surface area contributed by atoms with E-state index >= 15 is 0 Å². The van der Waals surface area contributed by atoms with Crippen LogP contribution < -0.4 is 10.0 Å². The fourth-order valence-electron chi connectivity index (χ4n) is 7.13. The summed E-state index contributed by atoms with van der Waals surface area (Å²) in [7, 11) is 0.595. The van der Waals surface area contributed by atoms with Gasteiger partial charge in [0.15, 0.2) is 0 Å². The normalized spacial score (nSPS) is 13.5. The van der Waals surface area contributed by atoms with Crippen molar-refractivity contribution in [3.8, 4) is 5.75 Å². The van der Waals surface area contributed by atoms with Crippen molar-refractivity contribution in [2.75, 3.05) is 0 Å². The minimum Gasteiger partial charge on any atom is -0.488 e. The first-order chi connectivity index (χ1) is 24.9. The number of alkyl halides is 1. The molecule has 0 aromatic heterocycles. The van der Waals surface area contributed by atoms with Gasteiger partial charge in [0.2, 0.25) is 0 Å². The van der Waals surface area contributed by atoms with Gasteiger partial charge in [-0.1, -0.05) is 194 Å². The van der Waals surface area contributed by atoms with Gasteiger partial charge in [-0.15, -0.1) is 0 Å². The summed E-state index contributed by atoms with van der Waals surface area (Å²) in [6.07, 6.45) is 3.09. The van der Waals surface area contributed by atoms with Crippen LogP contribution in [0, 0.1) is 6.92 Å². The zero-order chi connectivity index (χ0) is 37.4. The third-order valence-electron chi connectivity index (χ3n) is 10.7. The van der Waals surface area contributed by atoms with Crippen LogP contribution in [0.5, 0.6) is 5.75 Å². The second kappa shape index (κ2) is 17.9. The summed E-state index contributed by atoms with van der Waals surface area (Å²) in [4.78, 5) is 2.61. The molecule has 0 heterocycles. The number of rotatable bonds is 16. The largest absolute Gasteiger partial charge is 0.488 e. The number of ether oxygens (including phenoxy) is 1. The molecule has 5 aromatic rings. The van der Waals surface area contributed by atoms with Gasteiger partial charge in [0.25, 0.3) is 0 Å². The monoisotopic (exact) mass is 823 g/mol. The van der Waals surface area contributed by atoms with E-state index in [2.05, 4.69) is 204 Å². The van der Waals surface area contributed by atoms with Crippen LogP contribution in [0.15, 0.2) is 121 Å². The first kappa shape index (κ1) is 40.2. The predicted molar refractivity (Wildman–Crippen MR) is 235 cm³/mol. The average Bonchev–Trinajstić information content (AvgIpc) is 3.14. The number of halogens is 1. The van der Waals surface area contributed by atoms with E-state index in [1.54, 1.807) is 0 Å². The van der Waals surface area contributed by atoms with Crippen molar-refractivity contribution in [2.45, 2.75) is 115 Å². The highest BCUT2D eigenvalue weighted by molar-refractivity contribution is 14.1. The SMILES string of the molecule is CCC(C)(I)c1cc(C(C)(C)C)cc(C(CC)(CC)Pc2c(C)cccc2CN(Cc2ccccc2)Cc2ccccc2)c1OCc1ccccc1. The first-order valence-electron chi connectivity index (χ1n) is 19.1. The Morgan fingerprint density at radius 1 is 0.615 bits per heavy atom. The van der Waals surface area contributed by atoms with Gasteiger partial charge in [-0.05, 0) is 77.2 Å². The molecule has 52 heavy (non-hydrogen) atoms. The lowest BCUT2D eigenvalue weighted by Gasteiger charge is -2.39. The van der Waals surface area contributed by atoms with Crippen LogP contribution in [0.1, 0.15) is 112 Å². The third-order valence-corrected chi connectivity index (χ3v) is 14.5. The molecule has 4 heteroatoms. The van der Waals surface area contributed by atoms with E-state index in [4.69, 9.17) is 4.74 Å².